The van der Waals surface area contributed by atoms with E-state index < -0.39 is 0 Å². The van der Waals surface area contributed by atoms with Crippen LogP contribution in [-0.4, -0.2) is 47.0 Å². The lowest BCUT2D eigenvalue weighted by Gasteiger charge is -2.34. The van der Waals surface area contributed by atoms with Gasteiger partial charge in [0.2, 0.25) is 0 Å². The van der Waals surface area contributed by atoms with E-state index in [4.69, 9.17) is 4.74 Å². The number of amides is 1. The van der Waals surface area contributed by atoms with E-state index >= 15 is 0 Å². The zero-order valence-corrected chi connectivity index (χ0v) is 10.9. The standard InChI is InChI=1S/C12H14BrNO3/c13-7-9-8-17-6-5-14(9)12(16)10-3-1-2-4-11(10)15/h1-4,9,15H,5-8H2. The molecule has 0 saturated carbocycles. The maximum Gasteiger partial charge on any atom is 0.258 e. The number of phenolic OH excluding ortho intramolecular Hbond substituents is 1. The fourth-order valence-electron chi connectivity index (χ4n) is 1.86. The van der Waals surface area contributed by atoms with Gasteiger partial charge in [-0.25, -0.2) is 0 Å². The number of benzene rings is 1. The highest BCUT2D eigenvalue weighted by atomic mass is 79.9. The molecule has 1 atom stereocenters. The number of ether oxygens (including phenoxy) is 1. The van der Waals surface area contributed by atoms with Gasteiger partial charge in [0, 0.05) is 11.9 Å². The van der Waals surface area contributed by atoms with Gasteiger partial charge in [0.15, 0.2) is 0 Å². The Morgan fingerprint density at radius 2 is 2.29 bits per heavy atom. The van der Waals surface area contributed by atoms with Crippen molar-refractivity contribution in [3.63, 3.8) is 0 Å². The Morgan fingerprint density at radius 1 is 1.53 bits per heavy atom. The van der Waals surface area contributed by atoms with Gasteiger partial charge in [0.05, 0.1) is 24.8 Å². The van der Waals surface area contributed by atoms with Crippen molar-refractivity contribution in [3.05, 3.63) is 29.8 Å². The molecular formula is C12H14BrNO3. The molecule has 1 aromatic carbocycles. The van der Waals surface area contributed by atoms with Crippen LogP contribution in [0.3, 0.4) is 0 Å². The first-order chi connectivity index (χ1) is 8.24. The zero-order valence-electron chi connectivity index (χ0n) is 9.30. The van der Waals surface area contributed by atoms with Crippen LogP contribution in [0.25, 0.3) is 0 Å². The van der Waals surface area contributed by atoms with E-state index in [2.05, 4.69) is 15.9 Å². The predicted molar refractivity (Wildman–Crippen MR) is 67.5 cm³/mol. The minimum absolute atomic E-state index is 0.0239. The second kappa shape index (κ2) is 5.51. The molecule has 1 amide bonds. The average Bonchev–Trinajstić information content (AvgIpc) is 2.38. The van der Waals surface area contributed by atoms with Crippen LogP contribution in [0, 0.1) is 0 Å². The lowest BCUT2D eigenvalue weighted by atomic mass is 10.1. The molecule has 1 heterocycles. The predicted octanol–water partition coefficient (Wildman–Crippen LogP) is 1.63. The fourth-order valence-corrected chi connectivity index (χ4v) is 2.40. The Labute approximate surface area is 108 Å². The van der Waals surface area contributed by atoms with E-state index in [1.165, 1.54) is 6.07 Å². The molecular weight excluding hydrogens is 286 g/mol. The van der Waals surface area contributed by atoms with Crippen LogP contribution in [0.5, 0.6) is 5.75 Å². The normalized spacial score (nSPS) is 20.3. The van der Waals surface area contributed by atoms with Gasteiger partial charge in [-0.3, -0.25) is 4.79 Å². The summed E-state index contributed by atoms with van der Waals surface area (Å²) in [6.45, 7) is 1.64. The molecule has 0 aliphatic carbocycles. The number of halogens is 1. The summed E-state index contributed by atoms with van der Waals surface area (Å²) >= 11 is 3.37. The summed E-state index contributed by atoms with van der Waals surface area (Å²) in [6.07, 6.45) is 0. The van der Waals surface area contributed by atoms with Crippen LogP contribution in [0.2, 0.25) is 0 Å². The molecule has 0 bridgehead atoms. The average molecular weight is 300 g/mol. The molecule has 17 heavy (non-hydrogen) atoms. The molecule has 0 spiro atoms. The van der Waals surface area contributed by atoms with Crippen molar-refractivity contribution in [2.75, 3.05) is 25.1 Å². The summed E-state index contributed by atoms with van der Waals surface area (Å²) in [4.78, 5) is 14.0. The number of carbonyl (C=O) groups is 1. The smallest absolute Gasteiger partial charge is 0.258 e. The number of morpholine rings is 1. The summed E-state index contributed by atoms with van der Waals surface area (Å²) in [6, 6.07) is 6.63. The highest BCUT2D eigenvalue weighted by Crippen LogP contribution is 2.20. The van der Waals surface area contributed by atoms with Crippen LogP contribution in [0.1, 0.15) is 10.4 Å². The first-order valence-corrected chi connectivity index (χ1v) is 6.59. The first-order valence-electron chi connectivity index (χ1n) is 5.46. The van der Waals surface area contributed by atoms with Crippen LogP contribution in [0.4, 0.5) is 0 Å². The molecule has 4 nitrogen and oxygen atoms in total. The molecule has 1 N–H and O–H groups in total. The number of aromatic hydroxyl groups is 1. The molecule has 2 rings (SSSR count). The Balaban J connectivity index is 2.21. The third-order valence-corrected chi connectivity index (χ3v) is 3.55. The van der Waals surface area contributed by atoms with Gasteiger partial charge in [0.25, 0.3) is 5.91 Å². The Hall–Kier alpha value is -1.07. The molecule has 92 valence electrons. The number of alkyl halides is 1. The summed E-state index contributed by atoms with van der Waals surface area (Å²) in [5.41, 5.74) is 0.348. The minimum atomic E-state index is -0.143. The van der Waals surface area contributed by atoms with Gasteiger partial charge >= 0.3 is 0 Å². The van der Waals surface area contributed by atoms with Crippen LogP contribution >= 0.6 is 15.9 Å². The Morgan fingerprint density at radius 3 is 3.00 bits per heavy atom. The van der Waals surface area contributed by atoms with Crippen molar-refractivity contribution in [1.82, 2.24) is 4.90 Å². The van der Waals surface area contributed by atoms with Crippen LogP contribution < -0.4 is 0 Å². The number of hydrogen-bond donors (Lipinski definition) is 1. The van der Waals surface area contributed by atoms with Crippen molar-refractivity contribution in [1.29, 1.82) is 0 Å². The first kappa shape index (κ1) is 12.4. The van der Waals surface area contributed by atoms with Crippen LogP contribution in [-0.2, 0) is 4.74 Å². The van der Waals surface area contributed by atoms with Gasteiger partial charge in [-0.15, -0.1) is 0 Å². The number of phenols is 1. The highest BCUT2D eigenvalue weighted by Gasteiger charge is 2.28. The van der Waals surface area contributed by atoms with E-state index in [-0.39, 0.29) is 17.7 Å². The molecule has 0 aromatic heterocycles. The van der Waals surface area contributed by atoms with Crippen molar-refractivity contribution in [2.45, 2.75) is 6.04 Å². The van der Waals surface area contributed by atoms with E-state index in [1.54, 1.807) is 23.1 Å². The molecule has 1 aliphatic heterocycles. The monoisotopic (exact) mass is 299 g/mol. The van der Waals surface area contributed by atoms with Crippen molar-refractivity contribution in [2.24, 2.45) is 0 Å². The highest BCUT2D eigenvalue weighted by molar-refractivity contribution is 9.09. The van der Waals surface area contributed by atoms with Gasteiger partial charge in [-0.05, 0) is 12.1 Å². The SMILES string of the molecule is O=C(c1ccccc1O)N1CCOCC1CBr. The lowest BCUT2D eigenvalue weighted by molar-refractivity contribution is 0.00510. The summed E-state index contributed by atoms with van der Waals surface area (Å²) in [5.74, 6) is -0.117. The van der Waals surface area contributed by atoms with E-state index in [9.17, 15) is 9.90 Å². The van der Waals surface area contributed by atoms with E-state index in [0.717, 1.165) is 0 Å². The summed E-state index contributed by atoms with van der Waals surface area (Å²) in [5, 5.41) is 10.4. The number of rotatable bonds is 2. The molecule has 1 unspecified atom stereocenters. The summed E-state index contributed by atoms with van der Waals surface area (Å²) in [7, 11) is 0. The lowest BCUT2D eigenvalue weighted by Crippen LogP contribution is -2.49. The third-order valence-electron chi connectivity index (χ3n) is 2.80. The topological polar surface area (TPSA) is 49.8 Å². The maximum absolute atomic E-state index is 12.3. The maximum atomic E-state index is 12.3. The molecule has 1 saturated heterocycles. The Kier molecular flexibility index (Phi) is 4.02. The van der Waals surface area contributed by atoms with E-state index in [1.807, 2.05) is 0 Å². The molecule has 5 heteroatoms. The zero-order chi connectivity index (χ0) is 12.3. The quantitative estimate of drug-likeness (QED) is 0.845. The van der Waals surface area contributed by atoms with Crippen molar-refractivity contribution in [3.8, 4) is 5.75 Å². The summed E-state index contributed by atoms with van der Waals surface area (Å²) < 4.78 is 5.33. The number of nitrogens with zero attached hydrogens (tertiary/aromatic N) is 1. The fraction of sp³-hybridized carbons (Fsp3) is 0.417. The van der Waals surface area contributed by atoms with Crippen molar-refractivity contribution >= 4 is 21.8 Å². The number of carbonyl (C=O) groups excluding carboxylic acids is 1. The molecule has 1 aromatic rings. The van der Waals surface area contributed by atoms with Crippen molar-refractivity contribution < 1.29 is 14.6 Å². The number of para-hydroxylation sites is 1. The van der Waals surface area contributed by atoms with Gasteiger partial charge in [-0.1, -0.05) is 28.1 Å². The second-order valence-corrected chi connectivity index (χ2v) is 4.55. The largest absolute Gasteiger partial charge is 0.507 e. The van der Waals surface area contributed by atoms with Crippen LogP contribution in [0.15, 0.2) is 24.3 Å². The van der Waals surface area contributed by atoms with Gasteiger partial charge < -0.3 is 14.7 Å². The minimum Gasteiger partial charge on any atom is -0.507 e. The molecule has 1 aliphatic rings. The molecule has 1 fully saturated rings. The molecule has 0 radical (unpaired) electrons. The third kappa shape index (κ3) is 2.61. The number of hydrogen-bond acceptors (Lipinski definition) is 3. The van der Waals surface area contributed by atoms with Gasteiger partial charge in [0.1, 0.15) is 5.75 Å². The van der Waals surface area contributed by atoms with Gasteiger partial charge in [-0.2, -0.15) is 0 Å². The van der Waals surface area contributed by atoms with E-state index in [0.29, 0.717) is 30.7 Å². The Bertz CT molecular complexity index is 410. The second-order valence-electron chi connectivity index (χ2n) is 3.90.